The van der Waals surface area contributed by atoms with Gasteiger partial charge in [0, 0.05) is 48.5 Å². The van der Waals surface area contributed by atoms with Crippen molar-refractivity contribution < 1.29 is 41.4 Å². The van der Waals surface area contributed by atoms with Crippen molar-refractivity contribution in [2.45, 2.75) is 52.3 Å². The SMILES string of the molecule is [2H]C([2H])([2H])c1ccc(-c2c(C)ccc3c2C(C)(C)C(C)(C)c2c[c-]c(-c4[c-]cccc4)cc2-3)[n+](C)c1.[Y]. The van der Waals surface area contributed by atoms with Crippen LogP contribution in [0.25, 0.3) is 33.5 Å². The number of hydrogen-bond acceptors (Lipinski definition) is 0. The molecule has 0 amide bonds. The Balaban J connectivity index is 0.00000320. The maximum absolute atomic E-state index is 7.84. The van der Waals surface area contributed by atoms with Crippen LogP contribution in [0.3, 0.4) is 0 Å². The van der Waals surface area contributed by atoms with Crippen LogP contribution < -0.4 is 4.57 Å². The third kappa shape index (κ3) is 3.73. The number of nitrogens with zero attached hydrogens (tertiary/aromatic N) is 1. The third-order valence-corrected chi connectivity index (χ3v) is 7.90. The maximum atomic E-state index is 7.84. The molecule has 0 aliphatic heterocycles. The van der Waals surface area contributed by atoms with E-state index in [0.717, 1.165) is 16.8 Å². The molecule has 0 atom stereocenters. The first-order chi connectivity index (χ1) is 16.8. The quantitative estimate of drug-likeness (QED) is 0.192. The van der Waals surface area contributed by atoms with Crippen LogP contribution in [-0.4, -0.2) is 0 Å². The molecule has 0 spiro atoms. The minimum Gasteiger partial charge on any atom is -0.226 e. The fraction of sp³-hybridized carbons (Fsp3) is 0.281. The van der Waals surface area contributed by atoms with Crippen molar-refractivity contribution in [3.63, 3.8) is 0 Å². The smallest absolute Gasteiger partial charge is 0.212 e. The molecule has 0 N–H and O–H groups in total. The van der Waals surface area contributed by atoms with E-state index in [4.69, 9.17) is 4.11 Å². The third-order valence-electron chi connectivity index (χ3n) is 7.90. The Bertz CT molecular complexity index is 1480. The minimum absolute atomic E-state index is 0. The Kier molecular flexibility index (Phi) is 5.52. The van der Waals surface area contributed by atoms with Gasteiger partial charge in [0.2, 0.25) is 5.69 Å². The van der Waals surface area contributed by atoms with Crippen molar-refractivity contribution in [3.05, 3.63) is 101 Å². The van der Waals surface area contributed by atoms with E-state index in [-0.39, 0.29) is 43.5 Å². The number of pyridine rings is 1. The first-order valence-electron chi connectivity index (χ1n) is 13.0. The summed E-state index contributed by atoms with van der Waals surface area (Å²) in [4.78, 5) is 0. The van der Waals surface area contributed by atoms with Crippen LogP contribution in [0.2, 0.25) is 0 Å². The molecule has 1 nitrogen and oxygen atoms in total. The standard InChI is InChI=1S/C32H32N.Y/c1-21-13-18-28(33(7)20-21)29-22(2)14-16-25-26-19-24(23-11-9-8-10-12-23)15-17-27(26)31(3,4)32(5,6)30(25)29;/h8-11,13-14,16-20H,1-7H3;/q-1;/i1D3;. The zero-order valence-electron chi connectivity index (χ0n) is 23.9. The van der Waals surface area contributed by atoms with E-state index < -0.39 is 6.85 Å². The van der Waals surface area contributed by atoms with Crippen LogP contribution in [0.5, 0.6) is 0 Å². The average Bonchev–Trinajstić information content (AvgIpc) is 2.83. The Morgan fingerprint density at radius 3 is 2.35 bits per heavy atom. The summed E-state index contributed by atoms with van der Waals surface area (Å²) in [6, 6.07) is 27.5. The Morgan fingerprint density at radius 1 is 0.882 bits per heavy atom. The normalized spacial score (nSPS) is 16.8. The molecule has 169 valence electrons. The minimum atomic E-state index is -2.14. The van der Waals surface area contributed by atoms with Gasteiger partial charge in [0.05, 0.1) is 5.56 Å². The van der Waals surface area contributed by atoms with Gasteiger partial charge in [-0.1, -0.05) is 39.8 Å². The van der Waals surface area contributed by atoms with E-state index >= 15 is 0 Å². The molecule has 5 rings (SSSR count). The molecule has 0 fully saturated rings. The summed E-state index contributed by atoms with van der Waals surface area (Å²) >= 11 is 0. The van der Waals surface area contributed by atoms with Gasteiger partial charge in [-0.3, -0.25) is 0 Å². The second kappa shape index (κ2) is 8.85. The molecule has 2 heteroatoms. The van der Waals surface area contributed by atoms with E-state index in [2.05, 4.69) is 77.1 Å². The predicted molar refractivity (Wildman–Crippen MR) is 137 cm³/mol. The van der Waals surface area contributed by atoms with Crippen molar-refractivity contribution in [1.82, 2.24) is 0 Å². The van der Waals surface area contributed by atoms with Crippen LogP contribution in [0.15, 0.2) is 66.9 Å². The molecule has 0 bridgehead atoms. The van der Waals surface area contributed by atoms with Gasteiger partial charge in [0.15, 0.2) is 6.20 Å². The molecule has 0 saturated carbocycles. The molecule has 1 aliphatic rings. The fourth-order valence-electron chi connectivity index (χ4n) is 5.37. The summed E-state index contributed by atoms with van der Waals surface area (Å²) in [5, 5.41) is 0. The van der Waals surface area contributed by atoms with Crippen molar-refractivity contribution in [2.75, 3.05) is 0 Å². The van der Waals surface area contributed by atoms with Crippen LogP contribution >= 0.6 is 0 Å². The van der Waals surface area contributed by atoms with Gasteiger partial charge in [0.1, 0.15) is 7.05 Å². The molecule has 4 aromatic rings. The van der Waals surface area contributed by atoms with E-state index in [9.17, 15) is 0 Å². The summed E-state index contributed by atoms with van der Waals surface area (Å²) in [7, 11) is 1.94. The molecule has 1 heterocycles. The van der Waals surface area contributed by atoms with Crippen molar-refractivity contribution in [2.24, 2.45) is 7.05 Å². The molecular weight excluding hydrogens is 487 g/mol. The number of aromatic nitrogens is 1. The van der Waals surface area contributed by atoms with Crippen LogP contribution in [-0.2, 0) is 50.6 Å². The van der Waals surface area contributed by atoms with Gasteiger partial charge in [0.25, 0.3) is 0 Å². The van der Waals surface area contributed by atoms with Crippen LogP contribution in [0.1, 0.15) is 54.1 Å². The zero-order valence-corrected chi connectivity index (χ0v) is 23.7. The summed E-state index contributed by atoms with van der Waals surface area (Å²) in [5.74, 6) is 0. The number of hydrogen-bond donors (Lipinski definition) is 0. The molecule has 3 aromatic carbocycles. The van der Waals surface area contributed by atoms with E-state index in [0.29, 0.717) is 5.56 Å². The number of aryl methyl sites for hydroxylation is 3. The summed E-state index contributed by atoms with van der Waals surface area (Å²) in [6.45, 7) is 9.31. The first-order valence-corrected chi connectivity index (χ1v) is 11.5. The predicted octanol–water partition coefficient (Wildman–Crippen LogP) is 7.30. The van der Waals surface area contributed by atoms with E-state index in [1.165, 1.54) is 33.4 Å². The summed E-state index contributed by atoms with van der Waals surface area (Å²) in [5.41, 5.74) is 10.5. The second-order valence-electron chi connectivity index (χ2n) is 10.3. The van der Waals surface area contributed by atoms with Crippen LogP contribution in [0.4, 0.5) is 0 Å². The maximum Gasteiger partial charge on any atom is 0.212 e. The first kappa shape index (κ1) is 21.2. The van der Waals surface area contributed by atoms with Crippen molar-refractivity contribution in [3.8, 4) is 33.5 Å². The molecule has 0 saturated heterocycles. The average molecular weight is 523 g/mol. The number of fused-ring (bicyclic) bond motifs is 3. The molecular formula is C32H32NY-. The topological polar surface area (TPSA) is 3.88 Å². The molecule has 1 radical (unpaired) electrons. The van der Waals surface area contributed by atoms with Gasteiger partial charge < -0.3 is 0 Å². The van der Waals surface area contributed by atoms with Gasteiger partial charge >= 0.3 is 0 Å². The number of rotatable bonds is 2. The Labute approximate surface area is 234 Å². The number of benzene rings is 3. The van der Waals surface area contributed by atoms with E-state index in [1.807, 2.05) is 35.9 Å². The van der Waals surface area contributed by atoms with Crippen molar-refractivity contribution >= 4 is 0 Å². The largest absolute Gasteiger partial charge is 0.226 e. The molecule has 1 aromatic heterocycles. The van der Waals surface area contributed by atoms with Gasteiger partial charge in [-0.05, 0) is 47.4 Å². The second-order valence-corrected chi connectivity index (χ2v) is 10.3. The fourth-order valence-corrected chi connectivity index (χ4v) is 5.37. The Morgan fingerprint density at radius 2 is 1.68 bits per heavy atom. The zero-order chi connectivity index (χ0) is 26.0. The van der Waals surface area contributed by atoms with Gasteiger partial charge in [-0.2, -0.15) is 42.5 Å². The Hall–Kier alpha value is -2.09. The molecule has 1 aliphatic carbocycles. The molecule has 34 heavy (non-hydrogen) atoms. The van der Waals surface area contributed by atoms with Gasteiger partial charge in [-0.15, -0.1) is 17.2 Å². The van der Waals surface area contributed by atoms with Gasteiger partial charge in [-0.25, -0.2) is 15.7 Å². The molecule has 0 unspecified atom stereocenters. The van der Waals surface area contributed by atoms with Crippen molar-refractivity contribution in [1.29, 1.82) is 0 Å². The summed E-state index contributed by atoms with van der Waals surface area (Å²) in [6.07, 6.45) is 1.74. The van der Waals surface area contributed by atoms with E-state index in [1.54, 1.807) is 12.3 Å². The summed E-state index contributed by atoms with van der Waals surface area (Å²) < 4.78 is 25.5. The monoisotopic (exact) mass is 522 g/mol. The van der Waals surface area contributed by atoms with Crippen LogP contribution in [0, 0.1) is 25.9 Å².